The van der Waals surface area contributed by atoms with E-state index < -0.39 is 5.97 Å². The normalized spacial score (nSPS) is 10.0. The zero-order valence-electron chi connectivity index (χ0n) is 12.7. The van der Waals surface area contributed by atoms with Crippen molar-refractivity contribution in [2.75, 3.05) is 13.2 Å². The number of unbranched alkanes of at least 4 members (excludes halogenated alkanes) is 2. The van der Waals surface area contributed by atoms with Crippen molar-refractivity contribution in [3.63, 3.8) is 0 Å². The van der Waals surface area contributed by atoms with E-state index in [0.717, 1.165) is 18.4 Å². The van der Waals surface area contributed by atoms with Crippen molar-refractivity contribution < 1.29 is 19.4 Å². The highest BCUT2D eigenvalue weighted by molar-refractivity contribution is 5.77. The van der Waals surface area contributed by atoms with Gasteiger partial charge >= 0.3 is 5.97 Å². The lowest BCUT2D eigenvalue weighted by Gasteiger charge is -2.10. The van der Waals surface area contributed by atoms with Crippen LogP contribution in [0, 0.1) is 0 Å². The topological polar surface area (TPSA) is 75.6 Å². The first-order chi connectivity index (χ1) is 10.6. The maximum atomic E-state index is 11.7. The van der Waals surface area contributed by atoms with E-state index in [2.05, 4.69) is 11.9 Å². The summed E-state index contributed by atoms with van der Waals surface area (Å²) in [6.07, 6.45) is 4.86. The predicted octanol–water partition coefficient (Wildman–Crippen LogP) is 2.56. The van der Waals surface area contributed by atoms with Crippen LogP contribution in [0.2, 0.25) is 0 Å². The monoisotopic (exact) mass is 305 g/mol. The fourth-order valence-electron chi connectivity index (χ4n) is 1.97. The number of para-hydroxylation sites is 1. The van der Waals surface area contributed by atoms with Gasteiger partial charge in [0.05, 0.1) is 0 Å². The average molecular weight is 305 g/mol. The molecular weight excluding hydrogens is 282 g/mol. The van der Waals surface area contributed by atoms with Gasteiger partial charge in [0.2, 0.25) is 0 Å². The summed E-state index contributed by atoms with van der Waals surface area (Å²) in [5, 5.41) is 11.3. The highest BCUT2D eigenvalue weighted by atomic mass is 16.5. The molecule has 2 N–H and O–H groups in total. The number of carbonyl (C=O) groups excluding carboxylic acids is 1. The van der Waals surface area contributed by atoms with Gasteiger partial charge in [-0.15, -0.1) is 6.58 Å². The Labute approximate surface area is 131 Å². The average Bonchev–Trinajstić information content (AvgIpc) is 2.50. The molecule has 0 spiro atoms. The molecule has 0 unspecified atom stereocenters. The number of nitrogens with one attached hydrogen (secondary N) is 1. The SMILES string of the molecule is C=CCc1ccccc1OCC(=O)NCCCCCC(=O)O. The molecule has 0 saturated heterocycles. The number of carboxylic acid groups (broad SMARTS) is 1. The number of aliphatic carboxylic acids is 1. The number of carboxylic acids is 1. The minimum absolute atomic E-state index is 0.0245. The number of hydrogen-bond donors (Lipinski definition) is 2. The third kappa shape index (κ3) is 7.47. The smallest absolute Gasteiger partial charge is 0.303 e. The van der Waals surface area contributed by atoms with E-state index in [0.29, 0.717) is 25.1 Å². The molecule has 1 rings (SSSR count). The van der Waals surface area contributed by atoms with Gasteiger partial charge in [0.15, 0.2) is 6.61 Å². The highest BCUT2D eigenvalue weighted by Gasteiger charge is 2.05. The predicted molar refractivity (Wildman–Crippen MR) is 85.0 cm³/mol. The first kappa shape index (κ1) is 17.8. The molecule has 5 heteroatoms. The number of carbonyl (C=O) groups is 2. The highest BCUT2D eigenvalue weighted by Crippen LogP contribution is 2.18. The van der Waals surface area contributed by atoms with Gasteiger partial charge in [0.1, 0.15) is 5.75 Å². The largest absolute Gasteiger partial charge is 0.483 e. The van der Waals surface area contributed by atoms with Crippen LogP contribution < -0.4 is 10.1 Å². The van der Waals surface area contributed by atoms with Crippen LogP contribution in [0.1, 0.15) is 31.2 Å². The van der Waals surface area contributed by atoms with Gasteiger partial charge in [-0.2, -0.15) is 0 Å². The van der Waals surface area contributed by atoms with Gasteiger partial charge in [-0.1, -0.05) is 30.7 Å². The maximum Gasteiger partial charge on any atom is 0.303 e. The van der Waals surface area contributed by atoms with Crippen molar-refractivity contribution in [2.45, 2.75) is 32.1 Å². The second kappa shape index (κ2) is 10.4. The number of amides is 1. The quantitative estimate of drug-likeness (QED) is 0.486. The zero-order chi connectivity index (χ0) is 16.2. The maximum absolute atomic E-state index is 11.7. The van der Waals surface area contributed by atoms with Crippen molar-refractivity contribution in [1.29, 1.82) is 0 Å². The number of benzene rings is 1. The van der Waals surface area contributed by atoms with E-state index >= 15 is 0 Å². The van der Waals surface area contributed by atoms with Crippen LogP contribution in [0.25, 0.3) is 0 Å². The van der Waals surface area contributed by atoms with Gasteiger partial charge in [-0.25, -0.2) is 0 Å². The molecule has 0 radical (unpaired) electrons. The van der Waals surface area contributed by atoms with Crippen molar-refractivity contribution in [3.8, 4) is 5.75 Å². The summed E-state index contributed by atoms with van der Waals surface area (Å²) in [4.78, 5) is 22.0. The van der Waals surface area contributed by atoms with E-state index in [-0.39, 0.29) is 18.9 Å². The molecule has 0 aliphatic rings. The summed E-state index contributed by atoms with van der Waals surface area (Å²) in [5.41, 5.74) is 0.999. The lowest BCUT2D eigenvalue weighted by atomic mass is 10.1. The molecule has 0 aromatic heterocycles. The van der Waals surface area contributed by atoms with Crippen molar-refractivity contribution >= 4 is 11.9 Å². The van der Waals surface area contributed by atoms with E-state index in [1.165, 1.54) is 0 Å². The van der Waals surface area contributed by atoms with Gasteiger partial charge < -0.3 is 15.2 Å². The van der Waals surface area contributed by atoms with Crippen molar-refractivity contribution in [3.05, 3.63) is 42.5 Å². The molecule has 120 valence electrons. The Kier molecular flexibility index (Phi) is 8.42. The van der Waals surface area contributed by atoms with Gasteiger partial charge in [-0.3, -0.25) is 9.59 Å². The van der Waals surface area contributed by atoms with Gasteiger partial charge in [0, 0.05) is 13.0 Å². The number of hydrogen-bond acceptors (Lipinski definition) is 3. The summed E-state index contributed by atoms with van der Waals surface area (Å²) in [6, 6.07) is 7.56. The van der Waals surface area contributed by atoms with Crippen molar-refractivity contribution in [1.82, 2.24) is 5.32 Å². The number of ether oxygens (including phenoxy) is 1. The zero-order valence-corrected chi connectivity index (χ0v) is 12.7. The molecule has 0 aliphatic heterocycles. The lowest BCUT2D eigenvalue weighted by Crippen LogP contribution is -2.29. The molecule has 0 atom stereocenters. The van der Waals surface area contributed by atoms with E-state index in [1.54, 1.807) is 6.08 Å². The number of rotatable bonds is 11. The Hall–Kier alpha value is -2.30. The van der Waals surface area contributed by atoms with E-state index in [9.17, 15) is 9.59 Å². The molecule has 1 amide bonds. The van der Waals surface area contributed by atoms with Crippen LogP contribution in [0.5, 0.6) is 5.75 Å². The molecule has 0 bridgehead atoms. The molecule has 22 heavy (non-hydrogen) atoms. The Morgan fingerprint density at radius 1 is 1.23 bits per heavy atom. The summed E-state index contributed by atoms with van der Waals surface area (Å²) >= 11 is 0. The Bertz CT molecular complexity index is 499. The molecule has 1 aromatic carbocycles. The van der Waals surface area contributed by atoms with Crippen LogP contribution in [-0.2, 0) is 16.0 Å². The molecule has 5 nitrogen and oxygen atoms in total. The van der Waals surface area contributed by atoms with Crippen LogP contribution in [0.4, 0.5) is 0 Å². The first-order valence-electron chi connectivity index (χ1n) is 7.43. The van der Waals surface area contributed by atoms with E-state index in [1.807, 2.05) is 24.3 Å². The standard InChI is InChI=1S/C17H23NO4/c1-2-8-14-9-5-6-10-15(14)22-13-16(19)18-12-7-3-4-11-17(20)21/h2,5-6,9-10H,1,3-4,7-8,11-13H2,(H,18,19)(H,20,21). The molecular formula is C17H23NO4. The van der Waals surface area contributed by atoms with E-state index in [4.69, 9.17) is 9.84 Å². The number of allylic oxidation sites excluding steroid dienone is 1. The summed E-state index contributed by atoms with van der Waals surface area (Å²) in [7, 11) is 0. The molecule has 0 fully saturated rings. The third-order valence-electron chi connectivity index (χ3n) is 3.09. The Morgan fingerprint density at radius 2 is 2.00 bits per heavy atom. The summed E-state index contributed by atoms with van der Waals surface area (Å²) in [6.45, 7) is 4.21. The van der Waals surface area contributed by atoms with Crippen molar-refractivity contribution in [2.24, 2.45) is 0 Å². The molecule has 0 saturated carbocycles. The van der Waals surface area contributed by atoms with Crippen LogP contribution in [0.15, 0.2) is 36.9 Å². The summed E-state index contributed by atoms with van der Waals surface area (Å²) < 4.78 is 5.52. The fourth-order valence-corrected chi connectivity index (χ4v) is 1.97. The second-order valence-electron chi connectivity index (χ2n) is 4.94. The summed E-state index contributed by atoms with van der Waals surface area (Å²) in [5.74, 6) is -0.263. The molecule has 1 aromatic rings. The lowest BCUT2D eigenvalue weighted by molar-refractivity contribution is -0.137. The second-order valence-corrected chi connectivity index (χ2v) is 4.94. The van der Waals surface area contributed by atoms with Crippen LogP contribution in [-0.4, -0.2) is 30.1 Å². The third-order valence-corrected chi connectivity index (χ3v) is 3.09. The Morgan fingerprint density at radius 3 is 2.73 bits per heavy atom. The first-order valence-corrected chi connectivity index (χ1v) is 7.43. The van der Waals surface area contributed by atoms with Crippen LogP contribution >= 0.6 is 0 Å². The Balaban J connectivity index is 2.20. The molecule has 0 heterocycles. The fraction of sp³-hybridized carbons (Fsp3) is 0.412. The molecule has 0 aliphatic carbocycles. The van der Waals surface area contributed by atoms with Gasteiger partial charge in [-0.05, 0) is 30.9 Å². The minimum Gasteiger partial charge on any atom is -0.483 e. The van der Waals surface area contributed by atoms with Gasteiger partial charge in [0.25, 0.3) is 5.91 Å². The minimum atomic E-state index is -0.782. The van der Waals surface area contributed by atoms with Crippen LogP contribution in [0.3, 0.4) is 0 Å².